The Balaban J connectivity index is 1.52. The number of nitrogens with one attached hydrogen (secondary N) is 1. The quantitative estimate of drug-likeness (QED) is 0.416. The van der Waals surface area contributed by atoms with Gasteiger partial charge >= 0.3 is 11.9 Å². The summed E-state index contributed by atoms with van der Waals surface area (Å²) in [6.45, 7) is 2.03. The normalized spacial score (nSPS) is 15.4. The largest absolute Gasteiger partial charge is 0.435 e. The molecule has 1 unspecified atom stereocenters. The van der Waals surface area contributed by atoms with Crippen molar-refractivity contribution in [2.24, 2.45) is 0 Å². The first-order chi connectivity index (χ1) is 13.2. The Labute approximate surface area is 157 Å². The third-order valence-corrected chi connectivity index (χ3v) is 4.52. The van der Waals surface area contributed by atoms with E-state index in [4.69, 9.17) is 0 Å². The molecule has 1 fully saturated rings. The first-order valence-electron chi connectivity index (χ1n) is 8.78. The summed E-state index contributed by atoms with van der Waals surface area (Å²) in [5, 5.41) is 20.8. The molecule has 1 amide bonds. The Kier molecular flexibility index (Phi) is 5.38. The lowest BCUT2D eigenvalue weighted by atomic mass is 10.2. The van der Waals surface area contributed by atoms with Gasteiger partial charge < -0.3 is 5.32 Å². The van der Waals surface area contributed by atoms with Crippen LogP contribution in [0.15, 0.2) is 18.5 Å². The second kappa shape index (κ2) is 7.60. The lowest BCUT2D eigenvalue weighted by molar-refractivity contribution is -0.385. The number of halogens is 3. The molecule has 152 valence electrons. The topological polar surface area (TPSA) is 108 Å². The number of carbonyl (C=O) groups excluding carboxylic acids is 1. The molecule has 0 aliphatic heterocycles. The third kappa shape index (κ3) is 4.49. The van der Waals surface area contributed by atoms with Crippen molar-refractivity contribution in [3.05, 3.63) is 40.0 Å². The summed E-state index contributed by atoms with van der Waals surface area (Å²) in [6, 6.07) is 0.348. The van der Waals surface area contributed by atoms with E-state index in [2.05, 4.69) is 15.5 Å². The summed E-state index contributed by atoms with van der Waals surface area (Å²) in [5.74, 6) is -0.273. The molecule has 1 atom stereocenters. The number of hydrogen-bond acceptors (Lipinski definition) is 5. The van der Waals surface area contributed by atoms with Crippen molar-refractivity contribution in [3.8, 4) is 0 Å². The summed E-state index contributed by atoms with van der Waals surface area (Å²) >= 11 is 0. The second-order valence-corrected chi connectivity index (χ2v) is 6.71. The van der Waals surface area contributed by atoms with E-state index in [-0.39, 0.29) is 24.7 Å². The summed E-state index contributed by atoms with van der Waals surface area (Å²) in [6.07, 6.45) is -0.157. The zero-order valence-corrected chi connectivity index (χ0v) is 15.0. The Morgan fingerprint density at radius 3 is 2.75 bits per heavy atom. The van der Waals surface area contributed by atoms with Gasteiger partial charge in [-0.1, -0.05) is 0 Å². The number of nitrogens with zero attached hydrogens (tertiary/aromatic N) is 5. The van der Waals surface area contributed by atoms with Crippen molar-refractivity contribution in [2.75, 3.05) is 6.54 Å². The van der Waals surface area contributed by atoms with Gasteiger partial charge in [-0.05, 0) is 32.3 Å². The van der Waals surface area contributed by atoms with Crippen LogP contribution in [0.3, 0.4) is 0 Å². The van der Waals surface area contributed by atoms with Gasteiger partial charge in [0, 0.05) is 24.7 Å². The molecule has 1 N–H and O–H groups in total. The molecule has 9 nitrogen and oxygen atoms in total. The van der Waals surface area contributed by atoms with Gasteiger partial charge in [0.25, 0.3) is 0 Å². The number of nitro groups is 1. The van der Waals surface area contributed by atoms with Gasteiger partial charge in [-0.25, -0.2) is 0 Å². The van der Waals surface area contributed by atoms with Crippen molar-refractivity contribution in [1.29, 1.82) is 0 Å². The van der Waals surface area contributed by atoms with Crippen molar-refractivity contribution < 1.29 is 22.9 Å². The van der Waals surface area contributed by atoms with Gasteiger partial charge in [-0.2, -0.15) is 23.4 Å². The van der Waals surface area contributed by atoms with Crippen molar-refractivity contribution in [2.45, 2.75) is 50.9 Å². The fraction of sp³-hybridized carbons (Fsp3) is 0.562. The molecule has 12 heteroatoms. The molecule has 2 aromatic heterocycles. The van der Waals surface area contributed by atoms with Crippen LogP contribution in [-0.2, 0) is 17.5 Å². The van der Waals surface area contributed by atoms with E-state index in [1.165, 1.54) is 9.36 Å². The average Bonchev–Trinajstić information content (AvgIpc) is 3.18. The Morgan fingerprint density at radius 2 is 2.18 bits per heavy atom. The van der Waals surface area contributed by atoms with Crippen LogP contribution in [0.25, 0.3) is 0 Å². The first-order valence-corrected chi connectivity index (χ1v) is 8.78. The second-order valence-electron chi connectivity index (χ2n) is 6.71. The van der Waals surface area contributed by atoms with Crippen LogP contribution in [0, 0.1) is 10.1 Å². The van der Waals surface area contributed by atoms with Crippen LogP contribution in [0.2, 0.25) is 0 Å². The monoisotopic (exact) mass is 400 g/mol. The first kappa shape index (κ1) is 19.8. The lowest BCUT2D eigenvalue weighted by Gasteiger charge is -2.12. The molecule has 28 heavy (non-hydrogen) atoms. The molecule has 0 spiro atoms. The van der Waals surface area contributed by atoms with Gasteiger partial charge in [0.1, 0.15) is 18.4 Å². The molecule has 0 aromatic carbocycles. The minimum absolute atomic E-state index is 0.119. The van der Waals surface area contributed by atoms with Gasteiger partial charge in [0.05, 0.1) is 4.92 Å². The number of alkyl halides is 3. The highest BCUT2D eigenvalue weighted by Gasteiger charge is 2.37. The smallest absolute Gasteiger partial charge is 0.354 e. The van der Waals surface area contributed by atoms with Crippen molar-refractivity contribution in [3.63, 3.8) is 0 Å². The number of aryl methyl sites for hydroxylation is 1. The molecule has 0 bridgehead atoms. The highest BCUT2D eigenvalue weighted by atomic mass is 19.4. The van der Waals surface area contributed by atoms with Crippen LogP contribution in [0.4, 0.5) is 18.9 Å². The molecular weight excluding hydrogens is 381 g/mol. The van der Waals surface area contributed by atoms with E-state index in [0.717, 1.165) is 31.3 Å². The molecule has 1 aliphatic rings. The fourth-order valence-electron chi connectivity index (χ4n) is 2.80. The predicted octanol–water partition coefficient (Wildman–Crippen LogP) is 2.65. The van der Waals surface area contributed by atoms with E-state index in [1.807, 2.05) is 0 Å². The molecule has 0 saturated heterocycles. The molecule has 2 heterocycles. The maximum Gasteiger partial charge on any atom is 0.435 e. The number of amides is 1. The summed E-state index contributed by atoms with van der Waals surface area (Å²) in [4.78, 5) is 22.2. The van der Waals surface area contributed by atoms with Crippen LogP contribution in [-0.4, -0.2) is 36.9 Å². The molecule has 2 aromatic rings. The number of carbonyl (C=O) groups is 1. The molecule has 3 rings (SSSR count). The lowest BCUT2D eigenvalue weighted by Crippen LogP contribution is -2.32. The minimum Gasteiger partial charge on any atom is -0.354 e. The van der Waals surface area contributed by atoms with Gasteiger partial charge in [-0.3, -0.25) is 24.3 Å². The number of rotatable bonds is 8. The van der Waals surface area contributed by atoms with Crippen LogP contribution >= 0.6 is 0 Å². The Morgan fingerprint density at radius 1 is 1.46 bits per heavy atom. The third-order valence-electron chi connectivity index (χ3n) is 4.52. The van der Waals surface area contributed by atoms with Gasteiger partial charge in [0.15, 0.2) is 5.69 Å². The zero-order valence-electron chi connectivity index (χ0n) is 15.0. The average molecular weight is 400 g/mol. The summed E-state index contributed by atoms with van der Waals surface area (Å²) in [7, 11) is 0. The van der Waals surface area contributed by atoms with E-state index in [0.29, 0.717) is 12.1 Å². The van der Waals surface area contributed by atoms with Gasteiger partial charge in [0.2, 0.25) is 5.91 Å². The van der Waals surface area contributed by atoms with E-state index in [9.17, 15) is 28.1 Å². The summed E-state index contributed by atoms with van der Waals surface area (Å²) in [5.41, 5.74) is -0.533. The molecular formula is C16H19F3N6O3. The maximum absolute atomic E-state index is 12.9. The summed E-state index contributed by atoms with van der Waals surface area (Å²) < 4.78 is 41.2. The predicted molar refractivity (Wildman–Crippen MR) is 90.4 cm³/mol. The van der Waals surface area contributed by atoms with Crippen molar-refractivity contribution in [1.82, 2.24) is 24.9 Å². The highest BCUT2D eigenvalue weighted by molar-refractivity contribution is 5.79. The molecule has 0 radical (unpaired) electrons. The SMILES string of the molecule is CC(C(=O)NCCCn1nc(C(F)(F)F)cc1C1CC1)n1cc([N+](=O)[O-])cn1. The zero-order chi connectivity index (χ0) is 20.5. The molecule has 1 saturated carbocycles. The van der Waals surface area contributed by atoms with Crippen LogP contribution < -0.4 is 5.32 Å². The van der Waals surface area contributed by atoms with E-state index >= 15 is 0 Å². The maximum atomic E-state index is 12.9. The Hall–Kier alpha value is -2.92. The minimum atomic E-state index is -4.48. The molecule has 1 aliphatic carbocycles. The fourth-order valence-corrected chi connectivity index (χ4v) is 2.80. The standard InChI is InChI=1S/C16H19F3N6O3/c1-10(24-9-12(8-21-24)25(27)28)15(26)20-5-2-6-23-13(11-3-4-11)7-14(22-23)16(17,18)19/h7-11H,2-6H2,1H3,(H,20,26). The van der Waals surface area contributed by atoms with Crippen LogP contribution in [0.5, 0.6) is 0 Å². The number of hydrogen-bond donors (Lipinski definition) is 1. The van der Waals surface area contributed by atoms with E-state index < -0.39 is 28.7 Å². The van der Waals surface area contributed by atoms with Gasteiger partial charge in [-0.15, -0.1) is 0 Å². The van der Waals surface area contributed by atoms with Crippen LogP contribution in [0.1, 0.15) is 49.5 Å². The highest BCUT2D eigenvalue weighted by Crippen LogP contribution is 2.42. The Bertz CT molecular complexity index is 871. The van der Waals surface area contributed by atoms with E-state index in [1.54, 1.807) is 6.92 Å². The van der Waals surface area contributed by atoms with Crippen molar-refractivity contribution >= 4 is 11.6 Å². The number of aromatic nitrogens is 4.